The predicted molar refractivity (Wildman–Crippen MR) is 68.9 cm³/mol. The Morgan fingerprint density at radius 3 is 2.78 bits per heavy atom. The van der Waals surface area contributed by atoms with Crippen LogP contribution in [0, 0.1) is 5.82 Å². The number of aliphatic hydroxyl groups is 1. The molecule has 1 saturated heterocycles. The number of ether oxygens (including phenoxy) is 1. The van der Waals surface area contributed by atoms with Crippen LogP contribution in [-0.2, 0) is 11.2 Å². The highest BCUT2D eigenvalue weighted by Gasteiger charge is 2.41. The Morgan fingerprint density at radius 2 is 2.11 bits per heavy atom. The minimum atomic E-state index is -0.856. The van der Waals surface area contributed by atoms with Crippen molar-refractivity contribution in [1.82, 2.24) is 0 Å². The van der Waals surface area contributed by atoms with E-state index < -0.39 is 5.60 Å². The second kappa shape index (κ2) is 4.98. The quantitative estimate of drug-likeness (QED) is 0.895. The standard InChI is InChI=1S/C15H21FO2/c1-3-14(2)11-15(17,8-9-18-14)10-12-6-4-5-7-13(12)16/h4-7,17H,3,8-11H2,1-2H3. The van der Waals surface area contributed by atoms with Crippen LogP contribution in [0.4, 0.5) is 4.39 Å². The van der Waals surface area contributed by atoms with Crippen molar-refractivity contribution in [2.45, 2.75) is 50.7 Å². The van der Waals surface area contributed by atoms with Gasteiger partial charge in [-0.3, -0.25) is 0 Å². The largest absolute Gasteiger partial charge is 0.389 e. The van der Waals surface area contributed by atoms with E-state index >= 15 is 0 Å². The summed E-state index contributed by atoms with van der Waals surface area (Å²) in [4.78, 5) is 0. The van der Waals surface area contributed by atoms with Crippen molar-refractivity contribution in [3.63, 3.8) is 0 Å². The van der Waals surface area contributed by atoms with Gasteiger partial charge >= 0.3 is 0 Å². The third-order valence-corrected chi connectivity index (χ3v) is 3.95. The van der Waals surface area contributed by atoms with E-state index in [4.69, 9.17) is 4.74 Å². The van der Waals surface area contributed by atoms with E-state index in [0.29, 0.717) is 31.4 Å². The van der Waals surface area contributed by atoms with Gasteiger partial charge in [-0.2, -0.15) is 0 Å². The lowest BCUT2D eigenvalue weighted by Crippen LogP contribution is -2.48. The molecule has 2 nitrogen and oxygen atoms in total. The minimum Gasteiger partial charge on any atom is -0.389 e. The summed E-state index contributed by atoms with van der Waals surface area (Å²) in [5, 5.41) is 10.7. The number of halogens is 1. The third-order valence-electron chi connectivity index (χ3n) is 3.95. The van der Waals surface area contributed by atoms with Crippen LogP contribution in [0.15, 0.2) is 24.3 Å². The molecular weight excluding hydrogens is 231 g/mol. The molecule has 0 saturated carbocycles. The Balaban J connectivity index is 2.15. The van der Waals surface area contributed by atoms with Gasteiger partial charge in [0.2, 0.25) is 0 Å². The van der Waals surface area contributed by atoms with Gasteiger partial charge in [-0.15, -0.1) is 0 Å². The number of rotatable bonds is 3. The highest BCUT2D eigenvalue weighted by molar-refractivity contribution is 5.20. The highest BCUT2D eigenvalue weighted by atomic mass is 19.1. The summed E-state index contributed by atoms with van der Waals surface area (Å²) < 4.78 is 19.4. The maximum Gasteiger partial charge on any atom is 0.126 e. The number of benzene rings is 1. The molecular formula is C15H21FO2. The second-order valence-electron chi connectivity index (χ2n) is 5.57. The average molecular weight is 252 g/mol. The smallest absolute Gasteiger partial charge is 0.126 e. The molecule has 100 valence electrons. The summed E-state index contributed by atoms with van der Waals surface area (Å²) in [5.74, 6) is -0.240. The molecule has 1 aliphatic heterocycles. The van der Waals surface area contributed by atoms with Gasteiger partial charge < -0.3 is 9.84 Å². The van der Waals surface area contributed by atoms with E-state index in [1.807, 2.05) is 6.92 Å². The molecule has 2 unspecified atom stereocenters. The van der Waals surface area contributed by atoms with Crippen LogP contribution in [0.5, 0.6) is 0 Å². The number of hydrogen-bond acceptors (Lipinski definition) is 2. The van der Waals surface area contributed by atoms with E-state index in [2.05, 4.69) is 6.92 Å². The van der Waals surface area contributed by atoms with E-state index in [1.165, 1.54) is 6.07 Å². The van der Waals surface area contributed by atoms with E-state index in [-0.39, 0.29) is 11.4 Å². The maximum atomic E-state index is 13.6. The zero-order chi connectivity index (χ0) is 13.2. The fourth-order valence-electron chi connectivity index (χ4n) is 2.70. The molecule has 1 aromatic rings. The van der Waals surface area contributed by atoms with E-state index in [1.54, 1.807) is 18.2 Å². The summed E-state index contributed by atoms with van der Waals surface area (Å²) >= 11 is 0. The van der Waals surface area contributed by atoms with Crippen LogP contribution >= 0.6 is 0 Å². The van der Waals surface area contributed by atoms with E-state index in [0.717, 1.165) is 6.42 Å². The first-order chi connectivity index (χ1) is 8.46. The molecule has 0 spiro atoms. The van der Waals surface area contributed by atoms with Crippen LogP contribution in [-0.4, -0.2) is 22.9 Å². The molecule has 0 bridgehead atoms. The molecule has 2 atom stereocenters. The second-order valence-corrected chi connectivity index (χ2v) is 5.57. The predicted octanol–water partition coefficient (Wildman–Crippen LogP) is 3.08. The zero-order valence-electron chi connectivity index (χ0n) is 11.1. The first-order valence-corrected chi connectivity index (χ1v) is 6.56. The normalized spacial score (nSPS) is 32.4. The molecule has 18 heavy (non-hydrogen) atoms. The molecule has 0 aromatic heterocycles. The molecule has 1 N–H and O–H groups in total. The maximum absolute atomic E-state index is 13.6. The summed E-state index contributed by atoms with van der Waals surface area (Å²) in [6.07, 6.45) is 2.34. The molecule has 3 heteroatoms. The van der Waals surface area contributed by atoms with Crippen LogP contribution in [0.3, 0.4) is 0 Å². The molecule has 1 heterocycles. The van der Waals surface area contributed by atoms with Crippen molar-refractivity contribution >= 4 is 0 Å². The topological polar surface area (TPSA) is 29.5 Å². The fourth-order valence-corrected chi connectivity index (χ4v) is 2.70. The summed E-state index contributed by atoms with van der Waals surface area (Å²) in [6, 6.07) is 6.66. The molecule has 1 aromatic carbocycles. The molecule has 1 aliphatic rings. The Labute approximate surface area is 108 Å². The van der Waals surface area contributed by atoms with E-state index in [9.17, 15) is 9.50 Å². The van der Waals surface area contributed by atoms with Crippen molar-refractivity contribution in [1.29, 1.82) is 0 Å². The van der Waals surface area contributed by atoms with Gasteiger partial charge in [-0.1, -0.05) is 25.1 Å². The van der Waals surface area contributed by atoms with Gasteiger partial charge in [0, 0.05) is 12.8 Å². The van der Waals surface area contributed by atoms with Crippen LogP contribution in [0.2, 0.25) is 0 Å². The lowest BCUT2D eigenvalue weighted by molar-refractivity contribution is -0.153. The summed E-state index contributed by atoms with van der Waals surface area (Å²) in [5.41, 5.74) is -0.566. The van der Waals surface area contributed by atoms with Gasteiger partial charge in [-0.05, 0) is 31.4 Å². The van der Waals surface area contributed by atoms with Crippen LogP contribution < -0.4 is 0 Å². The summed E-state index contributed by atoms with van der Waals surface area (Å²) in [6.45, 7) is 4.60. The van der Waals surface area contributed by atoms with Gasteiger partial charge in [-0.25, -0.2) is 4.39 Å². The van der Waals surface area contributed by atoms with Gasteiger partial charge in [0.1, 0.15) is 5.82 Å². The molecule has 2 rings (SSSR count). The lowest BCUT2D eigenvalue weighted by Gasteiger charge is -2.43. The molecule has 0 aliphatic carbocycles. The van der Waals surface area contributed by atoms with Crippen molar-refractivity contribution in [3.05, 3.63) is 35.6 Å². The Kier molecular flexibility index (Phi) is 3.74. The van der Waals surface area contributed by atoms with Crippen molar-refractivity contribution < 1.29 is 14.2 Å². The van der Waals surface area contributed by atoms with Gasteiger partial charge in [0.05, 0.1) is 17.8 Å². The van der Waals surface area contributed by atoms with Crippen LogP contribution in [0.25, 0.3) is 0 Å². The monoisotopic (exact) mass is 252 g/mol. The van der Waals surface area contributed by atoms with Crippen molar-refractivity contribution in [2.24, 2.45) is 0 Å². The average Bonchev–Trinajstić information content (AvgIpc) is 2.32. The van der Waals surface area contributed by atoms with Crippen molar-refractivity contribution in [3.8, 4) is 0 Å². The van der Waals surface area contributed by atoms with Crippen LogP contribution in [0.1, 0.15) is 38.7 Å². The first kappa shape index (κ1) is 13.5. The van der Waals surface area contributed by atoms with Gasteiger partial charge in [0.25, 0.3) is 0 Å². The first-order valence-electron chi connectivity index (χ1n) is 6.56. The zero-order valence-corrected chi connectivity index (χ0v) is 11.1. The molecule has 1 fully saturated rings. The Bertz CT molecular complexity index is 421. The Morgan fingerprint density at radius 1 is 1.39 bits per heavy atom. The molecule has 0 radical (unpaired) electrons. The highest BCUT2D eigenvalue weighted by Crippen LogP contribution is 2.36. The minimum absolute atomic E-state index is 0.240. The molecule has 0 amide bonds. The number of hydrogen-bond donors (Lipinski definition) is 1. The van der Waals surface area contributed by atoms with Crippen molar-refractivity contribution in [2.75, 3.05) is 6.61 Å². The fraction of sp³-hybridized carbons (Fsp3) is 0.600. The Hall–Kier alpha value is -0.930. The summed E-state index contributed by atoms with van der Waals surface area (Å²) in [7, 11) is 0. The third kappa shape index (κ3) is 2.90. The SMILES string of the molecule is CCC1(C)CC(O)(Cc2ccccc2F)CCO1. The van der Waals surface area contributed by atoms with Gasteiger partial charge in [0.15, 0.2) is 0 Å². The lowest BCUT2D eigenvalue weighted by atomic mass is 9.78.